The molecule has 3 rings (SSSR count). The third kappa shape index (κ3) is 2.05. The summed E-state index contributed by atoms with van der Waals surface area (Å²) in [6.45, 7) is 1.34. The fourth-order valence-electron chi connectivity index (χ4n) is 2.86. The number of ketones is 1. The number of fused-ring (bicyclic) bond motifs is 2. The van der Waals surface area contributed by atoms with Gasteiger partial charge in [-0.05, 0) is 11.5 Å². The van der Waals surface area contributed by atoms with E-state index >= 15 is 0 Å². The molecule has 2 aliphatic rings. The highest BCUT2D eigenvalue weighted by Gasteiger charge is 2.43. The van der Waals surface area contributed by atoms with E-state index in [1.807, 2.05) is 18.2 Å². The number of allylic oxidation sites excluding steroid dienone is 2. The van der Waals surface area contributed by atoms with Gasteiger partial charge < -0.3 is 4.74 Å². The van der Waals surface area contributed by atoms with Gasteiger partial charge >= 0.3 is 0 Å². The van der Waals surface area contributed by atoms with E-state index in [0.717, 1.165) is 6.42 Å². The van der Waals surface area contributed by atoms with Gasteiger partial charge in [0.15, 0.2) is 0 Å². The second kappa shape index (κ2) is 4.46. The fraction of sp³-hybridized carbons (Fsp3) is 0.400. The first-order valence-electron chi connectivity index (χ1n) is 6.17. The second-order valence-corrected chi connectivity index (χ2v) is 4.91. The van der Waals surface area contributed by atoms with Crippen LogP contribution in [0.1, 0.15) is 12.0 Å². The van der Waals surface area contributed by atoms with Crippen LogP contribution in [0, 0.1) is 17.8 Å². The van der Waals surface area contributed by atoms with Crippen molar-refractivity contribution in [2.45, 2.75) is 13.0 Å². The van der Waals surface area contributed by atoms with Crippen LogP contribution < -0.4 is 0 Å². The molecule has 3 atom stereocenters. The molecule has 1 aromatic carbocycles. The summed E-state index contributed by atoms with van der Waals surface area (Å²) >= 11 is 0. The lowest BCUT2D eigenvalue weighted by Crippen LogP contribution is -2.16. The molecular formula is C15H16O2. The minimum absolute atomic E-state index is 0.135. The van der Waals surface area contributed by atoms with E-state index < -0.39 is 0 Å². The van der Waals surface area contributed by atoms with E-state index in [1.54, 1.807) is 0 Å². The Labute approximate surface area is 101 Å². The SMILES string of the molecule is O=C1C[C@H]2C=C[C@@H]1[C@H]2COCc1ccccc1. The summed E-state index contributed by atoms with van der Waals surface area (Å²) in [5.41, 5.74) is 1.19. The van der Waals surface area contributed by atoms with Gasteiger partial charge in [0.1, 0.15) is 5.78 Å². The lowest BCUT2D eigenvalue weighted by molar-refractivity contribution is -0.120. The van der Waals surface area contributed by atoms with Gasteiger partial charge in [0.25, 0.3) is 0 Å². The maximum atomic E-state index is 11.6. The highest BCUT2D eigenvalue weighted by Crippen LogP contribution is 2.42. The molecule has 1 fully saturated rings. The molecule has 0 aromatic heterocycles. The van der Waals surface area contributed by atoms with Crippen molar-refractivity contribution in [1.82, 2.24) is 0 Å². The zero-order chi connectivity index (χ0) is 11.7. The summed E-state index contributed by atoms with van der Waals surface area (Å²) < 4.78 is 5.74. The molecule has 0 spiro atoms. The number of carbonyl (C=O) groups is 1. The zero-order valence-corrected chi connectivity index (χ0v) is 9.71. The average Bonchev–Trinajstić information content (AvgIpc) is 2.87. The number of Topliss-reactive ketones (excluding diaryl/α,β-unsaturated/α-hetero) is 1. The van der Waals surface area contributed by atoms with Gasteiger partial charge in [-0.15, -0.1) is 0 Å². The molecule has 17 heavy (non-hydrogen) atoms. The second-order valence-electron chi connectivity index (χ2n) is 4.91. The molecular weight excluding hydrogens is 212 g/mol. The first kappa shape index (κ1) is 10.7. The normalized spacial score (nSPS) is 30.1. The third-order valence-electron chi connectivity index (χ3n) is 3.81. The van der Waals surface area contributed by atoms with Crippen LogP contribution in [0.5, 0.6) is 0 Å². The summed E-state index contributed by atoms with van der Waals surface area (Å²) in [4.78, 5) is 11.6. The summed E-state index contributed by atoms with van der Waals surface area (Å²) in [7, 11) is 0. The third-order valence-corrected chi connectivity index (χ3v) is 3.81. The van der Waals surface area contributed by atoms with E-state index in [-0.39, 0.29) is 5.92 Å². The van der Waals surface area contributed by atoms with Crippen molar-refractivity contribution in [2.75, 3.05) is 6.61 Å². The molecule has 0 unspecified atom stereocenters. The molecule has 0 amide bonds. The number of carbonyl (C=O) groups excluding carboxylic acids is 1. The topological polar surface area (TPSA) is 26.3 Å². The van der Waals surface area contributed by atoms with Crippen LogP contribution in [-0.4, -0.2) is 12.4 Å². The minimum Gasteiger partial charge on any atom is -0.376 e. The number of rotatable bonds is 4. The smallest absolute Gasteiger partial charge is 0.140 e. The maximum Gasteiger partial charge on any atom is 0.140 e. The van der Waals surface area contributed by atoms with Crippen molar-refractivity contribution in [1.29, 1.82) is 0 Å². The quantitative estimate of drug-likeness (QED) is 0.740. The molecule has 0 heterocycles. The molecule has 0 N–H and O–H groups in total. The van der Waals surface area contributed by atoms with Gasteiger partial charge in [-0.1, -0.05) is 42.5 Å². The highest BCUT2D eigenvalue weighted by molar-refractivity contribution is 5.87. The standard InChI is InChI=1S/C15H16O2/c16-15-8-12-6-7-13(15)14(12)10-17-9-11-4-2-1-3-5-11/h1-7,12-14H,8-10H2/t12-,13-,14+/m1/s1. The summed E-state index contributed by atoms with van der Waals surface area (Å²) in [6, 6.07) is 10.2. The Morgan fingerprint density at radius 2 is 2.00 bits per heavy atom. The molecule has 0 saturated heterocycles. The summed E-state index contributed by atoms with van der Waals surface area (Å²) in [6.07, 6.45) is 4.97. The molecule has 2 aliphatic carbocycles. The first-order valence-corrected chi connectivity index (χ1v) is 6.17. The highest BCUT2D eigenvalue weighted by atomic mass is 16.5. The Bertz CT molecular complexity index is 435. The maximum absolute atomic E-state index is 11.6. The predicted octanol–water partition coefficient (Wildman–Crippen LogP) is 2.59. The number of hydrogen-bond acceptors (Lipinski definition) is 2. The number of ether oxygens (including phenoxy) is 1. The molecule has 0 aliphatic heterocycles. The Balaban J connectivity index is 1.52. The van der Waals surface area contributed by atoms with E-state index in [1.165, 1.54) is 5.56 Å². The van der Waals surface area contributed by atoms with Crippen LogP contribution in [0.3, 0.4) is 0 Å². The van der Waals surface area contributed by atoms with Crippen LogP contribution in [-0.2, 0) is 16.1 Å². The van der Waals surface area contributed by atoms with Crippen LogP contribution in [0.4, 0.5) is 0 Å². The van der Waals surface area contributed by atoms with Crippen LogP contribution in [0.25, 0.3) is 0 Å². The van der Waals surface area contributed by atoms with Gasteiger partial charge in [0, 0.05) is 18.3 Å². The predicted molar refractivity (Wildman–Crippen MR) is 65.3 cm³/mol. The lowest BCUT2D eigenvalue weighted by Gasteiger charge is -2.14. The summed E-state index contributed by atoms with van der Waals surface area (Å²) in [5.74, 6) is 1.36. The van der Waals surface area contributed by atoms with Gasteiger partial charge in [-0.2, -0.15) is 0 Å². The lowest BCUT2D eigenvalue weighted by atomic mass is 9.97. The Kier molecular flexibility index (Phi) is 2.81. The van der Waals surface area contributed by atoms with E-state index in [0.29, 0.717) is 30.8 Å². The molecule has 1 aromatic rings. The van der Waals surface area contributed by atoms with Crippen LogP contribution in [0.15, 0.2) is 42.5 Å². The zero-order valence-electron chi connectivity index (χ0n) is 9.71. The van der Waals surface area contributed by atoms with Crippen molar-refractivity contribution >= 4 is 5.78 Å². The summed E-state index contributed by atoms with van der Waals surface area (Å²) in [5, 5.41) is 0. The monoisotopic (exact) mass is 228 g/mol. The Morgan fingerprint density at radius 3 is 2.65 bits per heavy atom. The molecule has 1 saturated carbocycles. The Morgan fingerprint density at radius 1 is 1.18 bits per heavy atom. The van der Waals surface area contributed by atoms with Gasteiger partial charge in [-0.25, -0.2) is 0 Å². The average molecular weight is 228 g/mol. The van der Waals surface area contributed by atoms with Crippen molar-refractivity contribution in [3.8, 4) is 0 Å². The molecule has 0 radical (unpaired) electrons. The van der Waals surface area contributed by atoms with Crippen molar-refractivity contribution in [2.24, 2.45) is 17.8 Å². The van der Waals surface area contributed by atoms with E-state index in [4.69, 9.17) is 4.74 Å². The van der Waals surface area contributed by atoms with Gasteiger partial charge in [-0.3, -0.25) is 4.79 Å². The van der Waals surface area contributed by atoms with Crippen LogP contribution >= 0.6 is 0 Å². The van der Waals surface area contributed by atoms with E-state index in [2.05, 4.69) is 24.3 Å². The Hall–Kier alpha value is -1.41. The molecule has 88 valence electrons. The van der Waals surface area contributed by atoms with E-state index in [9.17, 15) is 4.79 Å². The van der Waals surface area contributed by atoms with Crippen molar-refractivity contribution < 1.29 is 9.53 Å². The van der Waals surface area contributed by atoms with Gasteiger partial charge in [0.2, 0.25) is 0 Å². The van der Waals surface area contributed by atoms with Crippen molar-refractivity contribution in [3.63, 3.8) is 0 Å². The first-order chi connectivity index (χ1) is 8.34. The van der Waals surface area contributed by atoms with Crippen LogP contribution in [0.2, 0.25) is 0 Å². The largest absolute Gasteiger partial charge is 0.376 e. The van der Waals surface area contributed by atoms with Crippen molar-refractivity contribution in [3.05, 3.63) is 48.0 Å². The molecule has 2 heteroatoms. The fourth-order valence-corrected chi connectivity index (χ4v) is 2.86. The van der Waals surface area contributed by atoms with Gasteiger partial charge in [0.05, 0.1) is 13.2 Å². The number of hydrogen-bond donors (Lipinski definition) is 0. The molecule has 2 bridgehead atoms. The minimum atomic E-state index is 0.135. The number of benzene rings is 1. The molecule has 2 nitrogen and oxygen atoms in total.